The van der Waals surface area contributed by atoms with Gasteiger partial charge in [0.25, 0.3) is 0 Å². The maximum absolute atomic E-state index is 14.9. The zero-order valence-corrected chi connectivity index (χ0v) is 55.3. The van der Waals surface area contributed by atoms with E-state index in [1.165, 1.54) is 81.0 Å². The molecule has 6 aromatic heterocycles. The number of nitrogens with zero attached hydrogens (tertiary/aromatic N) is 9. The fraction of sp³-hybridized carbons (Fsp3) is 0.479. The van der Waals surface area contributed by atoms with Crippen LogP contribution >= 0.6 is 0 Å². The highest BCUT2D eigenvalue weighted by atomic mass is 16.4. The van der Waals surface area contributed by atoms with Gasteiger partial charge in [-0.25, -0.2) is 9.48 Å². The van der Waals surface area contributed by atoms with E-state index in [2.05, 4.69) is 73.6 Å². The summed E-state index contributed by atoms with van der Waals surface area (Å²) in [5, 5.41) is 43.1. The summed E-state index contributed by atoms with van der Waals surface area (Å²) in [6, 6.07) is 22.5. The zero-order chi connectivity index (χ0) is 68.1. The number of phenolic OH excluding ortho intramolecular Hbond substituents is 2. The van der Waals surface area contributed by atoms with Gasteiger partial charge < -0.3 is 46.9 Å². The molecule has 96 heavy (non-hydrogen) atoms. The van der Waals surface area contributed by atoms with Gasteiger partial charge in [0.05, 0.1) is 48.1 Å². The van der Waals surface area contributed by atoms with E-state index in [1.54, 1.807) is 31.0 Å². The van der Waals surface area contributed by atoms with E-state index in [0.29, 0.717) is 69.5 Å². The average Bonchev–Trinajstić information content (AvgIpc) is 1.09. The number of hydrogen-bond acceptors (Lipinski definition) is 18. The number of rotatable bonds is 46. The minimum atomic E-state index is -1.28. The molecule has 0 aliphatic heterocycles. The maximum Gasteiger partial charge on any atom is 0.336 e. The fourth-order valence-corrected chi connectivity index (χ4v) is 11.4. The topological polar surface area (TPSA) is 348 Å². The number of phenols is 2. The Labute approximate surface area is 561 Å². The van der Waals surface area contributed by atoms with Crippen molar-refractivity contribution in [2.45, 2.75) is 193 Å². The van der Waals surface area contributed by atoms with E-state index in [9.17, 15) is 43.8 Å². The Bertz CT molecular complexity index is 3460. The molecule has 25 nitrogen and oxygen atoms in total. The number of amides is 6. The van der Waals surface area contributed by atoms with Crippen LogP contribution in [0.2, 0.25) is 0 Å². The molecular formula is C71H95N15O10. The van der Waals surface area contributed by atoms with Gasteiger partial charge in [-0.2, -0.15) is 0 Å². The van der Waals surface area contributed by atoms with Crippen LogP contribution in [0.3, 0.4) is 0 Å². The van der Waals surface area contributed by atoms with Crippen LogP contribution in [0.5, 0.6) is 11.5 Å². The third kappa shape index (κ3) is 27.5. The highest BCUT2D eigenvalue weighted by Crippen LogP contribution is 2.31. The Morgan fingerprint density at radius 1 is 0.531 bits per heavy atom. The van der Waals surface area contributed by atoms with Crippen molar-refractivity contribution in [1.29, 1.82) is 0 Å². The molecule has 25 heteroatoms. The van der Waals surface area contributed by atoms with Crippen LogP contribution in [0.25, 0.3) is 11.0 Å². The van der Waals surface area contributed by atoms with E-state index in [4.69, 9.17) is 10.2 Å². The summed E-state index contributed by atoms with van der Waals surface area (Å²) in [6.45, 7) is 3.83. The summed E-state index contributed by atoms with van der Waals surface area (Å²) < 4.78 is 6.69. The van der Waals surface area contributed by atoms with E-state index < -0.39 is 77.9 Å². The fourth-order valence-electron chi connectivity index (χ4n) is 11.4. The molecule has 7 aromatic rings. The van der Waals surface area contributed by atoms with E-state index in [-0.39, 0.29) is 49.4 Å². The normalized spacial score (nSPS) is 12.3. The minimum Gasteiger partial charge on any atom is -0.504 e. The van der Waals surface area contributed by atoms with Gasteiger partial charge in [0.15, 0.2) is 11.5 Å². The number of aromatic hydroxyl groups is 2. The number of benzene rings is 1. The molecule has 514 valence electrons. The Morgan fingerprint density at radius 2 is 0.990 bits per heavy atom. The lowest BCUT2D eigenvalue weighted by Crippen LogP contribution is -2.56. The van der Waals surface area contributed by atoms with Gasteiger partial charge in [0, 0.05) is 87.5 Å². The van der Waals surface area contributed by atoms with Gasteiger partial charge in [-0.05, 0) is 105 Å². The first kappa shape index (κ1) is 73.9. The molecule has 6 heterocycles. The number of nitrogens with one attached hydrogen (secondary N) is 5. The molecule has 0 spiro atoms. The summed E-state index contributed by atoms with van der Waals surface area (Å²) in [7, 11) is 0. The molecule has 0 unspecified atom stereocenters. The number of primary amides is 1. The molecule has 0 bridgehead atoms. The Balaban J connectivity index is 1.06. The van der Waals surface area contributed by atoms with Crippen molar-refractivity contribution in [2.24, 2.45) is 5.73 Å². The first-order valence-electron chi connectivity index (χ1n) is 33.8. The molecule has 0 fully saturated rings. The molecule has 0 saturated heterocycles. The van der Waals surface area contributed by atoms with Gasteiger partial charge in [0.2, 0.25) is 35.4 Å². The number of aromatic nitrogens is 7. The van der Waals surface area contributed by atoms with Crippen molar-refractivity contribution in [3.8, 4) is 11.5 Å². The second-order valence-corrected chi connectivity index (χ2v) is 24.4. The Hall–Kier alpha value is -9.49. The smallest absolute Gasteiger partial charge is 0.336 e. The summed E-state index contributed by atoms with van der Waals surface area (Å²) >= 11 is 0. The highest BCUT2D eigenvalue weighted by molar-refractivity contribution is 5.95. The minimum absolute atomic E-state index is 0.0347. The van der Waals surface area contributed by atoms with Crippen LogP contribution in [-0.2, 0) is 67.9 Å². The van der Waals surface area contributed by atoms with Crippen molar-refractivity contribution >= 4 is 46.4 Å². The van der Waals surface area contributed by atoms with Crippen LogP contribution in [0, 0.1) is 0 Å². The first-order chi connectivity index (χ1) is 46.7. The molecule has 6 amide bonds. The van der Waals surface area contributed by atoms with Crippen LogP contribution in [0.1, 0.15) is 169 Å². The van der Waals surface area contributed by atoms with Crippen LogP contribution < -0.4 is 37.9 Å². The third-order valence-corrected chi connectivity index (χ3v) is 16.4. The van der Waals surface area contributed by atoms with E-state index in [1.807, 2.05) is 72.8 Å². The zero-order valence-electron chi connectivity index (χ0n) is 55.3. The average molecular weight is 1320 g/mol. The molecule has 0 aliphatic rings. The lowest BCUT2D eigenvalue weighted by Gasteiger charge is -2.25. The molecule has 3 atom stereocenters. The number of pyridine rings is 4. The van der Waals surface area contributed by atoms with E-state index in [0.717, 1.165) is 54.5 Å². The largest absolute Gasteiger partial charge is 0.504 e. The SMILES string of the molecule is CCCCCCCCCCCCCCCCCC(=O)N[C@@H](Cc1cn(Cc2cc(=O)oc3cc(O)c(O)cc23)nn1)C(=O)N[C@@H](CCCN(Cc1ccccn1)Cc1ccccn1)C(=O)NCC(=O)N[C@@H](CCCN(Cc1ccccn1)Cc1ccccn1)C(=O)NCC(N)=O. The molecule has 0 radical (unpaired) electrons. The monoisotopic (exact) mass is 1320 g/mol. The van der Waals surface area contributed by atoms with Crippen molar-refractivity contribution < 1.29 is 43.4 Å². The predicted molar refractivity (Wildman–Crippen MR) is 363 cm³/mol. The third-order valence-electron chi connectivity index (χ3n) is 16.4. The van der Waals surface area contributed by atoms with Crippen molar-refractivity contribution in [3.63, 3.8) is 0 Å². The molecule has 9 N–H and O–H groups in total. The summed E-state index contributed by atoms with van der Waals surface area (Å²) in [4.78, 5) is 118. The number of fused-ring (bicyclic) bond motifs is 1. The molecule has 1 aromatic carbocycles. The lowest BCUT2D eigenvalue weighted by molar-refractivity contribution is -0.133. The molecular weight excluding hydrogens is 1220 g/mol. The van der Waals surface area contributed by atoms with Crippen LogP contribution in [0.15, 0.2) is 131 Å². The first-order valence-corrected chi connectivity index (χ1v) is 33.8. The Kier molecular flexibility index (Phi) is 31.8. The molecule has 0 saturated carbocycles. The van der Waals surface area contributed by atoms with Crippen molar-refractivity contribution in [1.82, 2.24) is 71.3 Å². The van der Waals surface area contributed by atoms with Gasteiger partial charge >= 0.3 is 5.63 Å². The summed E-state index contributed by atoms with van der Waals surface area (Å²) in [5.74, 6) is -4.89. The number of hydrogen-bond donors (Lipinski definition) is 8. The summed E-state index contributed by atoms with van der Waals surface area (Å²) in [6.07, 6.45) is 26.7. The van der Waals surface area contributed by atoms with Gasteiger partial charge in [0.1, 0.15) is 23.7 Å². The predicted octanol–water partition coefficient (Wildman–Crippen LogP) is 7.37. The Morgan fingerprint density at radius 3 is 1.47 bits per heavy atom. The molecule has 7 rings (SSSR count). The van der Waals surface area contributed by atoms with Crippen molar-refractivity contribution in [3.05, 3.63) is 166 Å². The summed E-state index contributed by atoms with van der Waals surface area (Å²) in [5.41, 5.74) is 8.64. The maximum atomic E-state index is 14.9. The number of carbonyl (C=O) groups excluding carboxylic acids is 6. The molecule has 0 aliphatic carbocycles. The number of nitrogens with two attached hydrogens (primary N) is 1. The second kappa shape index (κ2) is 41.4. The van der Waals surface area contributed by atoms with Crippen LogP contribution in [-0.4, -0.2) is 135 Å². The van der Waals surface area contributed by atoms with Gasteiger partial charge in [-0.1, -0.05) is 126 Å². The number of carbonyl (C=O) groups is 6. The van der Waals surface area contributed by atoms with Gasteiger partial charge in [-0.3, -0.25) is 58.5 Å². The van der Waals surface area contributed by atoms with Crippen molar-refractivity contribution in [2.75, 3.05) is 26.2 Å². The number of unbranched alkanes of at least 4 members (excludes halogenated alkanes) is 14. The second-order valence-electron chi connectivity index (χ2n) is 24.4. The standard InChI is InChI=1S/C71H95N15O10/c1-2-3-4-5-6-7-8-9-10-11-12-13-14-15-16-33-66(90)80-61(41-57-51-86(83-82-57)46-52-40-68(92)96-64-43-63(88)62(87)42-58(52)64)71(95)81-60(32-26-39-85(49-55-29-19-23-36-75-55)50-56-30-20-24-37-76-56)70(94)78-45-67(91)79-59(69(93)77-44-65(72)89)31-25-38-84(47-53-27-17-21-34-73-53)48-54-28-18-22-35-74-54/h17-24,27-30,34-37,40,42-43,51,59-61,87-88H,2-16,25-26,31-33,38-39,41,44-50H2,1H3,(H2,72,89)(H,77,93)(H,78,94)(H,79,91)(H,80,90)(H,81,95)/t59-,60-,61-/m0/s1. The van der Waals surface area contributed by atoms with E-state index >= 15 is 0 Å². The lowest BCUT2D eigenvalue weighted by atomic mass is 10.0. The van der Waals surface area contributed by atoms with Gasteiger partial charge in [-0.15, -0.1) is 5.10 Å². The van der Waals surface area contributed by atoms with Crippen LogP contribution in [0.4, 0.5) is 0 Å². The quantitative estimate of drug-likeness (QED) is 0.0105. The highest BCUT2D eigenvalue weighted by Gasteiger charge is 2.30.